The maximum absolute atomic E-state index is 12.0. The third kappa shape index (κ3) is 7.44. The summed E-state index contributed by atoms with van der Waals surface area (Å²) >= 11 is 1.39. The van der Waals surface area contributed by atoms with Gasteiger partial charge in [-0.05, 0) is 50.2 Å². The average Bonchev–Trinajstić information content (AvgIpc) is 2.68. The standard InChI is InChI=1S/C21H24N2O4S/c1-3-27-21(26)16-6-10-18(11-7-16)23-20(25)14-28-13-12-19(24)22-17-8-4-15(2)5-9-17/h4-11H,3,12-14H2,1-2H3,(H,22,24)(H,23,25). The highest BCUT2D eigenvalue weighted by atomic mass is 32.2. The van der Waals surface area contributed by atoms with Crippen LogP contribution in [-0.4, -0.2) is 35.9 Å². The molecule has 0 aliphatic carbocycles. The molecule has 0 aromatic heterocycles. The van der Waals surface area contributed by atoms with Crippen LogP contribution in [0.15, 0.2) is 48.5 Å². The number of nitrogens with one attached hydrogen (secondary N) is 2. The number of ether oxygens (including phenoxy) is 1. The third-order valence-electron chi connectivity index (χ3n) is 3.72. The van der Waals surface area contributed by atoms with Crippen LogP contribution in [-0.2, 0) is 14.3 Å². The summed E-state index contributed by atoms with van der Waals surface area (Å²) in [6.45, 7) is 4.05. The maximum atomic E-state index is 12.0. The first-order valence-corrected chi connectivity index (χ1v) is 10.1. The van der Waals surface area contributed by atoms with Crippen LogP contribution >= 0.6 is 11.8 Å². The highest BCUT2D eigenvalue weighted by Gasteiger charge is 2.08. The molecule has 0 fully saturated rings. The van der Waals surface area contributed by atoms with E-state index in [1.807, 2.05) is 31.2 Å². The first-order chi connectivity index (χ1) is 13.5. The van der Waals surface area contributed by atoms with Gasteiger partial charge in [0, 0.05) is 23.5 Å². The Balaban J connectivity index is 1.66. The van der Waals surface area contributed by atoms with Gasteiger partial charge in [0.05, 0.1) is 17.9 Å². The number of aryl methyl sites for hydroxylation is 1. The Morgan fingerprint density at radius 1 is 0.893 bits per heavy atom. The van der Waals surface area contributed by atoms with Gasteiger partial charge >= 0.3 is 5.97 Å². The molecule has 2 rings (SSSR count). The molecule has 0 saturated heterocycles. The molecule has 7 heteroatoms. The molecule has 0 aliphatic heterocycles. The molecule has 0 bridgehead atoms. The number of amides is 2. The molecule has 0 heterocycles. The van der Waals surface area contributed by atoms with Gasteiger partial charge < -0.3 is 15.4 Å². The number of esters is 1. The molecule has 0 unspecified atom stereocenters. The Morgan fingerprint density at radius 3 is 2.07 bits per heavy atom. The lowest BCUT2D eigenvalue weighted by Gasteiger charge is -2.07. The zero-order chi connectivity index (χ0) is 20.4. The van der Waals surface area contributed by atoms with Crippen LogP contribution in [0.2, 0.25) is 0 Å². The number of hydrogen-bond donors (Lipinski definition) is 2. The van der Waals surface area contributed by atoms with E-state index in [1.165, 1.54) is 11.8 Å². The van der Waals surface area contributed by atoms with Gasteiger partial charge in [-0.25, -0.2) is 4.79 Å². The SMILES string of the molecule is CCOC(=O)c1ccc(NC(=O)CSCCC(=O)Nc2ccc(C)cc2)cc1. The van der Waals surface area contributed by atoms with Gasteiger partial charge in [-0.1, -0.05) is 17.7 Å². The van der Waals surface area contributed by atoms with Crippen molar-refractivity contribution in [1.82, 2.24) is 0 Å². The summed E-state index contributed by atoms with van der Waals surface area (Å²) in [5, 5.41) is 5.59. The molecule has 148 valence electrons. The van der Waals surface area contributed by atoms with Crippen molar-refractivity contribution in [2.24, 2.45) is 0 Å². The van der Waals surface area contributed by atoms with E-state index in [0.717, 1.165) is 11.3 Å². The first kappa shape index (κ1) is 21.5. The topological polar surface area (TPSA) is 84.5 Å². The summed E-state index contributed by atoms with van der Waals surface area (Å²) in [5.41, 5.74) is 2.95. The van der Waals surface area contributed by atoms with E-state index in [2.05, 4.69) is 10.6 Å². The van der Waals surface area contributed by atoms with Crippen molar-refractivity contribution in [3.05, 3.63) is 59.7 Å². The maximum Gasteiger partial charge on any atom is 0.338 e. The van der Waals surface area contributed by atoms with Crippen LogP contribution in [0.1, 0.15) is 29.3 Å². The van der Waals surface area contributed by atoms with Crippen LogP contribution < -0.4 is 10.6 Å². The van der Waals surface area contributed by atoms with Crippen LogP contribution in [0.5, 0.6) is 0 Å². The smallest absolute Gasteiger partial charge is 0.338 e. The van der Waals surface area contributed by atoms with Crippen LogP contribution in [0.25, 0.3) is 0 Å². The van der Waals surface area contributed by atoms with Gasteiger partial charge in [-0.2, -0.15) is 11.8 Å². The van der Waals surface area contributed by atoms with Gasteiger partial charge in [0.1, 0.15) is 0 Å². The number of carbonyl (C=O) groups excluding carboxylic acids is 3. The fraction of sp³-hybridized carbons (Fsp3) is 0.286. The van der Waals surface area contributed by atoms with Gasteiger partial charge in [-0.3, -0.25) is 9.59 Å². The van der Waals surface area contributed by atoms with Crippen molar-refractivity contribution < 1.29 is 19.1 Å². The second-order valence-corrected chi connectivity index (χ2v) is 7.17. The highest BCUT2D eigenvalue weighted by molar-refractivity contribution is 7.99. The number of anilines is 2. The lowest BCUT2D eigenvalue weighted by Crippen LogP contribution is -2.16. The van der Waals surface area contributed by atoms with Crippen molar-refractivity contribution in [1.29, 1.82) is 0 Å². The lowest BCUT2D eigenvalue weighted by molar-refractivity contribution is -0.116. The molecule has 0 spiro atoms. The van der Waals surface area contributed by atoms with Crippen LogP contribution in [0.3, 0.4) is 0 Å². The second-order valence-electron chi connectivity index (χ2n) is 6.06. The Labute approximate surface area is 169 Å². The van der Waals surface area contributed by atoms with Crippen molar-refractivity contribution in [3.8, 4) is 0 Å². The summed E-state index contributed by atoms with van der Waals surface area (Å²) in [5.74, 6) is 0.170. The Bertz CT molecular complexity index is 804. The number of carbonyl (C=O) groups is 3. The predicted molar refractivity (Wildman–Crippen MR) is 113 cm³/mol. The van der Waals surface area contributed by atoms with Crippen molar-refractivity contribution in [2.45, 2.75) is 20.3 Å². The van der Waals surface area contributed by atoms with Crippen molar-refractivity contribution in [3.63, 3.8) is 0 Å². The zero-order valence-corrected chi connectivity index (χ0v) is 16.8. The summed E-state index contributed by atoms with van der Waals surface area (Å²) in [7, 11) is 0. The van der Waals surface area contributed by atoms with Gasteiger partial charge in [0.15, 0.2) is 0 Å². The molecule has 2 amide bonds. The van der Waals surface area contributed by atoms with Gasteiger partial charge in [0.25, 0.3) is 0 Å². The first-order valence-electron chi connectivity index (χ1n) is 8.99. The van der Waals surface area contributed by atoms with Crippen LogP contribution in [0, 0.1) is 6.92 Å². The summed E-state index contributed by atoms with van der Waals surface area (Å²) < 4.78 is 4.91. The van der Waals surface area contributed by atoms with Crippen LogP contribution in [0.4, 0.5) is 11.4 Å². The second kappa shape index (κ2) is 11.1. The van der Waals surface area contributed by atoms with Crippen molar-refractivity contribution >= 4 is 40.9 Å². The third-order valence-corrected chi connectivity index (χ3v) is 4.68. The van der Waals surface area contributed by atoms with E-state index in [9.17, 15) is 14.4 Å². The largest absolute Gasteiger partial charge is 0.462 e. The Kier molecular flexibility index (Phi) is 8.55. The normalized spacial score (nSPS) is 10.2. The van der Waals surface area contributed by atoms with Gasteiger partial charge in [0.2, 0.25) is 11.8 Å². The monoisotopic (exact) mass is 400 g/mol. The lowest BCUT2D eigenvalue weighted by atomic mass is 10.2. The summed E-state index contributed by atoms with van der Waals surface area (Å²) in [4.78, 5) is 35.5. The quantitative estimate of drug-likeness (QED) is 0.493. The molecule has 0 aliphatic rings. The minimum absolute atomic E-state index is 0.0775. The van der Waals surface area contributed by atoms with Gasteiger partial charge in [-0.15, -0.1) is 0 Å². The van der Waals surface area contributed by atoms with E-state index in [4.69, 9.17) is 4.74 Å². The summed E-state index contributed by atoms with van der Waals surface area (Å²) in [6.07, 6.45) is 0.333. The molecule has 0 radical (unpaired) electrons. The Hall–Kier alpha value is -2.80. The number of rotatable bonds is 9. The van der Waals surface area contributed by atoms with E-state index in [-0.39, 0.29) is 23.5 Å². The number of hydrogen-bond acceptors (Lipinski definition) is 5. The summed E-state index contributed by atoms with van der Waals surface area (Å²) in [6, 6.07) is 14.1. The molecule has 0 saturated carbocycles. The zero-order valence-electron chi connectivity index (χ0n) is 16.0. The molecule has 28 heavy (non-hydrogen) atoms. The molecule has 6 nitrogen and oxygen atoms in total. The molecule has 2 aromatic rings. The predicted octanol–water partition coefficient (Wildman–Crippen LogP) is 3.87. The van der Waals surface area contributed by atoms with E-state index < -0.39 is 0 Å². The number of thioether (sulfide) groups is 1. The fourth-order valence-corrected chi connectivity index (χ4v) is 3.02. The van der Waals surface area contributed by atoms with E-state index in [1.54, 1.807) is 31.2 Å². The molecular formula is C21H24N2O4S. The number of benzene rings is 2. The van der Waals surface area contributed by atoms with E-state index >= 15 is 0 Å². The molecule has 2 N–H and O–H groups in total. The fourth-order valence-electron chi connectivity index (χ4n) is 2.29. The minimum Gasteiger partial charge on any atom is -0.462 e. The Morgan fingerprint density at radius 2 is 1.46 bits per heavy atom. The van der Waals surface area contributed by atoms with Crippen molar-refractivity contribution in [2.75, 3.05) is 28.7 Å². The highest BCUT2D eigenvalue weighted by Crippen LogP contribution is 2.13. The molecule has 2 aromatic carbocycles. The molecule has 0 atom stereocenters. The minimum atomic E-state index is -0.389. The average molecular weight is 401 g/mol. The van der Waals surface area contributed by atoms with E-state index in [0.29, 0.717) is 30.0 Å². The molecular weight excluding hydrogens is 376 g/mol.